The van der Waals surface area contributed by atoms with Crippen LogP contribution in [-0.4, -0.2) is 9.13 Å². The molecule has 0 aliphatic heterocycles. The predicted octanol–water partition coefficient (Wildman–Crippen LogP) is 9.86. The molecule has 0 N–H and O–H groups in total. The molecule has 0 amide bonds. The van der Waals surface area contributed by atoms with Gasteiger partial charge in [-0.1, -0.05) is 84.9 Å². The van der Waals surface area contributed by atoms with Crippen LogP contribution in [0.15, 0.2) is 140 Å². The summed E-state index contributed by atoms with van der Waals surface area (Å²) in [5.41, 5.74) is 11.0. The van der Waals surface area contributed by atoms with E-state index in [0.29, 0.717) is 0 Å². The third-order valence-electron chi connectivity index (χ3n) is 7.96. The van der Waals surface area contributed by atoms with Crippen LogP contribution in [0.25, 0.3) is 66.1 Å². The van der Waals surface area contributed by atoms with Crippen LogP contribution < -0.4 is 0 Å². The standard InChI is InChI=1S/C37H26N2/c1-25-16-19-32-33-23-26(18-21-35(33)39(36(32)22-25)29-12-6-3-7-13-29)27-17-20-31-30-14-8-9-15-34(30)38(37(31)24-27)28-10-4-2-5-11-28/h2-24H,1H3. The molecule has 0 spiro atoms. The second kappa shape index (κ2) is 8.47. The number of rotatable bonds is 3. The number of benzene rings is 6. The minimum atomic E-state index is 1.18. The molecule has 2 heterocycles. The van der Waals surface area contributed by atoms with E-state index in [2.05, 4.69) is 156 Å². The van der Waals surface area contributed by atoms with Crippen LogP contribution in [-0.2, 0) is 0 Å². The first kappa shape index (κ1) is 22.0. The molecule has 8 aromatic rings. The molecule has 6 aromatic carbocycles. The smallest absolute Gasteiger partial charge is 0.0547 e. The Labute approximate surface area is 227 Å². The molecule has 0 unspecified atom stereocenters. The zero-order valence-corrected chi connectivity index (χ0v) is 21.7. The van der Waals surface area contributed by atoms with Crippen molar-refractivity contribution in [1.82, 2.24) is 9.13 Å². The van der Waals surface area contributed by atoms with E-state index in [9.17, 15) is 0 Å². The number of nitrogens with zero attached hydrogens (tertiary/aromatic N) is 2. The van der Waals surface area contributed by atoms with Crippen LogP contribution >= 0.6 is 0 Å². The van der Waals surface area contributed by atoms with E-state index < -0.39 is 0 Å². The molecule has 2 heteroatoms. The molecule has 8 rings (SSSR count). The Bertz CT molecular complexity index is 2160. The van der Waals surface area contributed by atoms with Crippen molar-refractivity contribution in [2.45, 2.75) is 6.92 Å². The first-order valence-electron chi connectivity index (χ1n) is 13.5. The van der Waals surface area contributed by atoms with Crippen LogP contribution in [0.4, 0.5) is 0 Å². The normalized spacial score (nSPS) is 11.7. The summed E-state index contributed by atoms with van der Waals surface area (Å²) in [6, 6.07) is 50.6. The molecule has 0 saturated heterocycles. The maximum absolute atomic E-state index is 2.39. The summed E-state index contributed by atoms with van der Waals surface area (Å²) in [4.78, 5) is 0. The summed E-state index contributed by atoms with van der Waals surface area (Å²) < 4.78 is 4.77. The average molecular weight is 499 g/mol. The SMILES string of the molecule is Cc1ccc2c3cc(-c4ccc5c6ccccc6n(-c6ccccc6)c5c4)ccc3n(-c3ccccc3)c2c1. The molecule has 0 radical (unpaired) electrons. The Morgan fingerprint density at radius 1 is 0.359 bits per heavy atom. The molecule has 0 fully saturated rings. The highest BCUT2D eigenvalue weighted by Crippen LogP contribution is 2.38. The fraction of sp³-hybridized carbons (Fsp3) is 0.0270. The molecule has 2 nitrogen and oxygen atoms in total. The van der Waals surface area contributed by atoms with E-state index in [4.69, 9.17) is 0 Å². The fourth-order valence-corrected chi connectivity index (χ4v) is 6.17. The van der Waals surface area contributed by atoms with Gasteiger partial charge in [0.05, 0.1) is 22.1 Å². The van der Waals surface area contributed by atoms with Crippen LogP contribution in [0.2, 0.25) is 0 Å². The summed E-state index contributed by atoms with van der Waals surface area (Å²) >= 11 is 0. The summed E-state index contributed by atoms with van der Waals surface area (Å²) in [6.07, 6.45) is 0. The van der Waals surface area contributed by atoms with Gasteiger partial charge in [0.2, 0.25) is 0 Å². The van der Waals surface area contributed by atoms with E-state index in [1.807, 2.05) is 0 Å². The lowest BCUT2D eigenvalue weighted by atomic mass is 10.0. The van der Waals surface area contributed by atoms with Gasteiger partial charge in [-0.3, -0.25) is 0 Å². The Hall–Kier alpha value is -5.08. The maximum atomic E-state index is 2.39. The van der Waals surface area contributed by atoms with Crippen molar-refractivity contribution >= 4 is 43.6 Å². The van der Waals surface area contributed by atoms with Crippen molar-refractivity contribution in [3.63, 3.8) is 0 Å². The van der Waals surface area contributed by atoms with Crippen LogP contribution in [0.5, 0.6) is 0 Å². The summed E-state index contributed by atoms with van der Waals surface area (Å²) in [5.74, 6) is 0. The number of hydrogen-bond donors (Lipinski definition) is 0. The summed E-state index contributed by atoms with van der Waals surface area (Å²) in [6.45, 7) is 2.17. The molecule has 0 aliphatic carbocycles. The number of aryl methyl sites for hydroxylation is 1. The zero-order chi connectivity index (χ0) is 25.9. The molecule has 0 atom stereocenters. The Morgan fingerprint density at radius 2 is 0.872 bits per heavy atom. The number of aromatic nitrogens is 2. The quantitative estimate of drug-likeness (QED) is 0.229. The molecule has 2 aromatic heterocycles. The Kier molecular flexibility index (Phi) is 4.77. The maximum Gasteiger partial charge on any atom is 0.0547 e. The van der Waals surface area contributed by atoms with Crippen LogP contribution in [0.3, 0.4) is 0 Å². The van der Waals surface area contributed by atoms with Crippen molar-refractivity contribution in [1.29, 1.82) is 0 Å². The highest BCUT2D eigenvalue weighted by Gasteiger charge is 2.16. The van der Waals surface area contributed by atoms with Gasteiger partial charge in [-0.25, -0.2) is 0 Å². The molecular formula is C37H26N2. The van der Waals surface area contributed by atoms with Gasteiger partial charge in [-0.2, -0.15) is 0 Å². The van der Waals surface area contributed by atoms with Gasteiger partial charge in [-0.05, 0) is 78.2 Å². The van der Waals surface area contributed by atoms with Gasteiger partial charge in [0.1, 0.15) is 0 Å². The lowest BCUT2D eigenvalue weighted by Gasteiger charge is -2.10. The van der Waals surface area contributed by atoms with Gasteiger partial charge in [0.25, 0.3) is 0 Å². The average Bonchev–Trinajstić information content (AvgIpc) is 3.49. The first-order valence-corrected chi connectivity index (χ1v) is 13.5. The molecule has 39 heavy (non-hydrogen) atoms. The van der Waals surface area contributed by atoms with E-state index in [1.54, 1.807) is 0 Å². The highest BCUT2D eigenvalue weighted by atomic mass is 15.0. The molecule has 0 saturated carbocycles. The van der Waals surface area contributed by atoms with Gasteiger partial charge in [0.15, 0.2) is 0 Å². The summed E-state index contributed by atoms with van der Waals surface area (Å²) in [7, 11) is 0. The van der Waals surface area contributed by atoms with Gasteiger partial charge in [-0.15, -0.1) is 0 Å². The van der Waals surface area contributed by atoms with Crippen molar-refractivity contribution in [2.24, 2.45) is 0 Å². The Balaban J connectivity index is 1.39. The molecular weight excluding hydrogens is 472 g/mol. The van der Waals surface area contributed by atoms with Gasteiger partial charge in [0, 0.05) is 32.9 Å². The van der Waals surface area contributed by atoms with E-state index in [-0.39, 0.29) is 0 Å². The van der Waals surface area contributed by atoms with Gasteiger partial charge < -0.3 is 9.13 Å². The monoisotopic (exact) mass is 498 g/mol. The molecule has 184 valence electrons. The molecule has 0 bridgehead atoms. The van der Waals surface area contributed by atoms with Crippen molar-refractivity contribution in [3.05, 3.63) is 145 Å². The highest BCUT2D eigenvalue weighted by molar-refractivity contribution is 6.12. The topological polar surface area (TPSA) is 9.86 Å². The second-order valence-electron chi connectivity index (χ2n) is 10.3. The van der Waals surface area contributed by atoms with E-state index in [0.717, 1.165) is 0 Å². The fourth-order valence-electron chi connectivity index (χ4n) is 6.17. The first-order chi connectivity index (χ1) is 19.3. The number of fused-ring (bicyclic) bond motifs is 6. The minimum Gasteiger partial charge on any atom is -0.309 e. The lowest BCUT2D eigenvalue weighted by Crippen LogP contribution is -1.93. The van der Waals surface area contributed by atoms with Gasteiger partial charge >= 0.3 is 0 Å². The zero-order valence-electron chi connectivity index (χ0n) is 21.7. The summed E-state index contributed by atoms with van der Waals surface area (Å²) in [5, 5.41) is 5.10. The van der Waals surface area contributed by atoms with Crippen molar-refractivity contribution < 1.29 is 0 Å². The van der Waals surface area contributed by atoms with E-state index >= 15 is 0 Å². The minimum absolute atomic E-state index is 1.18. The third kappa shape index (κ3) is 3.35. The largest absolute Gasteiger partial charge is 0.309 e. The van der Waals surface area contributed by atoms with Crippen molar-refractivity contribution in [2.75, 3.05) is 0 Å². The number of para-hydroxylation sites is 3. The number of hydrogen-bond acceptors (Lipinski definition) is 0. The van der Waals surface area contributed by atoms with Crippen LogP contribution in [0, 0.1) is 6.92 Å². The third-order valence-corrected chi connectivity index (χ3v) is 7.96. The lowest BCUT2D eigenvalue weighted by molar-refractivity contribution is 1.18. The second-order valence-corrected chi connectivity index (χ2v) is 10.3. The predicted molar refractivity (Wildman–Crippen MR) is 165 cm³/mol. The van der Waals surface area contributed by atoms with E-state index in [1.165, 1.54) is 71.7 Å². The van der Waals surface area contributed by atoms with Crippen LogP contribution in [0.1, 0.15) is 5.56 Å². The van der Waals surface area contributed by atoms with Crippen molar-refractivity contribution in [3.8, 4) is 22.5 Å². The Morgan fingerprint density at radius 3 is 1.62 bits per heavy atom. The molecule has 0 aliphatic rings.